The molecule has 114 valence electrons. The normalized spacial score (nSPS) is 11.7. The van der Waals surface area contributed by atoms with E-state index in [0.717, 1.165) is 6.07 Å². The van der Waals surface area contributed by atoms with Crippen molar-refractivity contribution in [2.45, 2.75) is 18.7 Å². The van der Waals surface area contributed by atoms with Crippen LogP contribution in [0.25, 0.3) is 0 Å². The molecular weight excluding hydrogens is 298 g/mol. The number of nitriles is 1. The Morgan fingerprint density at radius 3 is 2.57 bits per heavy atom. The first kappa shape index (κ1) is 16.9. The van der Waals surface area contributed by atoms with Gasteiger partial charge in [-0.2, -0.15) is 5.26 Å². The Morgan fingerprint density at radius 2 is 2.10 bits per heavy atom. The molecule has 0 atom stereocenters. The van der Waals surface area contributed by atoms with Gasteiger partial charge in [0, 0.05) is 12.6 Å². The molecule has 0 aromatic heterocycles. The summed E-state index contributed by atoms with van der Waals surface area (Å²) >= 11 is 0. The Labute approximate surface area is 122 Å². The number of nitro benzene ring substituents is 1. The van der Waals surface area contributed by atoms with E-state index in [1.54, 1.807) is 13.8 Å². The number of sulfonamides is 1. The summed E-state index contributed by atoms with van der Waals surface area (Å²) in [7, 11) is -2.69. The van der Waals surface area contributed by atoms with Crippen LogP contribution in [-0.2, 0) is 10.0 Å². The minimum atomic E-state index is -3.95. The van der Waals surface area contributed by atoms with Gasteiger partial charge in [0.05, 0.1) is 28.4 Å². The van der Waals surface area contributed by atoms with Crippen molar-refractivity contribution in [3.05, 3.63) is 28.3 Å². The zero-order valence-corrected chi connectivity index (χ0v) is 12.6. The van der Waals surface area contributed by atoms with Crippen LogP contribution in [0.3, 0.4) is 0 Å². The molecule has 1 aromatic carbocycles. The molecule has 0 aliphatic rings. The molecule has 8 nitrogen and oxygen atoms in total. The summed E-state index contributed by atoms with van der Waals surface area (Å²) in [6, 6.07) is 5.29. The van der Waals surface area contributed by atoms with Gasteiger partial charge in [0.2, 0.25) is 10.0 Å². The summed E-state index contributed by atoms with van der Waals surface area (Å²) in [5.74, 6) is -0.0312. The van der Waals surface area contributed by atoms with Gasteiger partial charge in [-0.25, -0.2) is 13.1 Å². The van der Waals surface area contributed by atoms with E-state index in [1.165, 1.54) is 19.2 Å². The van der Waals surface area contributed by atoms with Crippen LogP contribution in [0, 0.1) is 26.9 Å². The number of nitrogens with one attached hydrogen (secondary N) is 1. The second kappa shape index (κ2) is 6.07. The van der Waals surface area contributed by atoms with Gasteiger partial charge >= 0.3 is 5.69 Å². The topological polar surface area (TPSA) is 122 Å². The van der Waals surface area contributed by atoms with Gasteiger partial charge in [-0.05, 0) is 26.0 Å². The Hall–Kier alpha value is -2.18. The SMILES string of the molecule is COc1ccc(S(=O)(=O)NCC(C)(C)C#N)cc1[N+](=O)[O-]. The monoisotopic (exact) mass is 313 g/mol. The Bertz CT molecular complexity index is 691. The van der Waals surface area contributed by atoms with Crippen molar-refractivity contribution in [2.75, 3.05) is 13.7 Å². The lowest BCUT2D eigenvalue weighted by Gasteiger charge is -2.16. The number of nitro groups is 1. The van der Waals surface area contributed by atoms with Gasteiger partial charge in [-0.1, -0.05) is 0 Å². The van der Waals surface area contributed by atoms with Gasteiger partial charge < -0.3 is 4.74 Å². The molecule has 0 heterocycles. The second-order valence-corrected chi connectivity index (χ2v) is 6.68. The van der Waals surface area contributed by atoms with E-state index in [0.29, 0.717) is 0 Å². The van der Waals surface area contributed by atoms with Crippen molar-refractivity contribution in [1.29, 1.82) is 5.26 Å². The minimum Gasteiger partial charge on any atom is -0.490 e. The van der Waals surface area contributed by atoms with E-state index in [1.807, 2.05) is 6.07 Å². The van der Waals surface area contributed by atoms with Crippen molar-refractivity contribution in [1.82, 2.24) is 4.72 Å². The first-order chi connectivity index (χ1) is 9.63. The number of ether oxygens (including phenoxy) is 1. The molecule has 0 bridgehead atoms. The molecule has 9 heteroatoms. The molecule has 21 heavy (non-hydrogen) atoms. The molecule has 0 aliphatic carbocycles. The summed E-state index contributed by atoms with van der Waals surface area (Å²) < 4.78 is 31.2. The molecule has 0 saturated heterocycles. The Morgan fingerprint density at radius 1 is 1.48 bits per heavy atom. The summed E-state index contributed by atoms with van der Waals surface area (Å²) in [4.78, 5) is 9.90. The molecule has 1 N–H and O–H groups in total. The summed E-state index contributed by atoms with van der Waals surface area (Å²) in [5.41, 5.74) is -1.33. The second-order valence-electron chi connectivity index (χ2n) is 4.91. The number of benzene rings is 1. The zero-order valence-electron chi connectivity index (χ0n) is 11.8. The third kappa shape index (κ3) is 4.14. The van der Waals surface area contributed by atoms with E-state index in [-0.39, 0.29) is 17.2 Å². The highest BCUT2D eigenvalue weighted by Gasteiger charge is 2.25. The average molecular weight is 313 g/mol. The van der Waals surface area contributed by atoms with Crippen molar-refractivity contribution >= 4 is 15.7 Å². The number of rotatable bonds is 6. The van der Waals surface area contributed by atoms with E-state index in [9.17, 15) is 18.5 Å². The van der Waals surface area contributed by atoms with Gasteiger partial charge in [-0.15, -0.1) is 0 Å². The molecule has 1 aromatic rings. The number of hydrogen-bond donors (Lipinski definition) is 1. The van der Waals surface area contributed by atoms with Crippen molar-refractivity contribution < 1.29 is 18.1 Å². The number of methoxy groups -OCH3 is 1. The third-order valence-corrected chi connectivity index (χ3v) is 4.06. The molecule has 1 rings (SSSR count). The highest BCUT2D eigenvalue weighted by molar-refractivity contribution is 7.89. The van der Waals surface area contributed by atoms with Crippen LogP contribution < -0.4 is 9.46 Å². The molecule has 0 saturated carbocycles. The maximum Gasteiger partial charge on any atom is 0.312 e. The minimum absolute atomic E-state index is 0.0312. The van der Waals surface area contributed by atoms with Gasteiger partial charge in [0.1, 0.15) is 0 Å². The fraction of sp³-hybridized carbons (Fsp3) is 0.417. The predicted octanol–water partition coefficient (Wildman–Crippen LogP) is 1.43. The fourth-order valence-electron chi connectivity index (χ4n) is 1.38. The number of hydrogen-bond acceptors (Lipinski definition) is 6. The molecular formula is C12H15N3O5S. The van der Waals surface area contributed by atoms with Crippen molar-refractivity contribution in [3.8, 4) is 11.8 Å². The quantitative estimate of drug-likeness (QED) is 0.626. The summed E-state index contributed by atoms with van der Waals surface area (Å²) in [6.45, 7) is 3.05. The lowest BCUT2D eigenvalue weighted by molar-refractivity contribution is -0.386. The number of nitrogens with zero attached hydrogens (tertiary/aromatic N) is 2. The smallest absolute Gasteiger partial charge is 0.312 e. The van der Waals surface area contributed by atoms with Crippen LogP contribution in [0.15, 0.2) is 23.1 Å². The lowest BCUT2D eigenvalue weighted by atomic mass is 9.97. The summed E-state index contributed by atoms with van der Waals surface area (Å²) in [5, 5.41) is 19.7. The van der Waals surface area contributed by atoms with Crippen LogP contribution in [-0.4, -0.2) is 27.0 Å². The van der Waals surface area contributed by atoms with Gasteiger partial charge in [-0.3, -0.25) is 10.1 Å². The van der Waals surface area contributed by atoms with E-state index >= 15 is 0 Å². The maximum absolute atomic E-state index is 12.1. The van der Waals surface area contributed by atoms with Gasteiger partial charge in [0.25, 0.3) is 0 Å². The molecule has 0 aliphatic heterocycles. The highest BCUT2D eigenvalue weighted by atomic mass is 32.2. The van der Waals surface area contributed by atoms with Gasteiger partial charge in [0.15, 0.2) is 5.75 Å². The van der Waals surface area contributed by atoms with Crippen molar-refractivity contribution in [2.24, 2.45) is 5.41 Å². The first-order valence-electron chi connectivity index (χ1n) is 5.86. The Balaban J connectivity index is 3.13. The largest absolute Gasteiger partial charge is 0.490 e. The predicted molar refractivity (Wildman–Crippen MR) is 74.2 cm³/mol. The molecule has 0 unspecified atom stereocenters. The zero-order chi connectivity index (χ0) is 16.3. The molecule has 0 amide bonds. The third-order valence-electron chi connectivity index (χ3n) is 2.66. The van der Waals surface area contributed by atoms with Crippen LogP contribution >= 0.6 is 0 Å². The Kier molecular flexibility index (Phi) is 4.88. The van der Waals surface area contributed by atoms with E-state index in [2.05, 4.69) is 4.72 Å². The van der Waals surface area contributed by atoms with E-state index < -0.39 is 26.0 Å². The highest BCUT2D eigenvalue weighted by Crippen LogP contribution is 2.29. The molecule has 0 spiro atoms. The first-order valence-corrected chi connectivity index (χ1v) is 7.34. The van der Waals surface area contributed by atoms with Crippen LogP contribution in [0.4, 0.5) is 5.69 Å². The standard InChI is InChI=1S/C12H15N3O5S/c1-12(2,7-13)8-14-21(18,19)9-4-5-11(20-3)10(6-9)15(16)17/h4-6,14H,8H2,1-3H3. The average Bonchev–Trinajstić information content (AvgIpc) is 2.44. The fourth-order valence-corrected chi connectivity index (χ4v) is 2.61. The van der Waals surface area contributed by atoms with Crippen molar-refractivity contribution in [3.63, 3.8) is 0 Å². The van der Waals surface area contributed by atoms with Crippen LogP contribution in [0.5, 0.6) is 5.75 Å². The molecule has 0 radical (unpaired) electrons. The summed E-state index contributed by atoms with van der Waals surface area (Å²) in [6.07, 6.45) is 0. The van der Waals surface area contributed by atoms with Crippen LogP contribution in [0.2, 0.25) is 0 Å². The lowest BCUT2D eigenvalue weighted by Crippen LogP contribution is -2.33. The maximum atomic E-state index is 12.1. The van der Waals surface area contributed by atoms with Crippen LogP contribution in [0.1, 0.15) is 13.8 Å². The van der Waals surface area contributed by atoms with E-state index in [4.69, 9.17) is 10.00 Å². The molecule has 0 fully saturated rings.